The van der Waals surface area contributed by atoms with Crippen LogP contribution in [0.5, 0.6) is 0 Å². The molecule has 3 rings (SSSR count). The maximum absolute atomic E-state index is 14.6. The van der Waals surface area contributed by atoms with E-state index in [0.29, 0.717) is 12.2 Å². The lowest BCUT2D eigenvalue weighted by Crippen LogP contribution is -2.41. The van der Waals surface area contributed by atoms with E-state index in [2.05, 4.69) is 0 Å². The molecule has 0 aromatic heterocycles. The van der Waals surface area contributed by atoms with Crippen LogP contribution in [0.3, 0.4) is 0 Å². The van der Waals surface area contributed by atoms with Crippen molar-refractivity contribution in [1.82, 2.24) is 0 Å². The van der Waals surface area contributed by atoms with Crippen molar-refractivity contribution >= 4 is 5.69 Å². The van der Waals surface area contributed by atoms with E-state index in [1.165, 1.54) is 6.07 Å². The van der Waals surface area contributed by atoms with Crippen molar-refractivity contribution in [3.8, 4) is 0 Å². The number of aliphatic hydroxyl groups excluding tert-OH is 1. The van der Waals surface area contributed by atoms with Crippen molar-refractivity contribution in [2.75, 3.05) is 18.0 Å². The first-order valence-corrected chi connectivity index (χ1v) is 8.14. The fourth-order valence-corrected chi connectivity index (χ4v) is 3.67. The number of anilines is 1. The van der Waals surface area contributed by atoms with E-state index in [1.807, 2.05) is 19.9 Å². The van der Waals surface area contributed by atoms with E-state index in [1.54, 1.807) is 11.0 Å². The lowest BCUT2D eigenvalue weighted by atomic mass is 9.87. The lowest BCUT2D eigenvalue weighted by Gasteiger charge is -2.35. The van der Waals surface area contributed by atoms with Crippen LogP contribution in [0.15, 0.2) is 36.4 Å². The van der Waals surface area contributed by atoms with Crippen molar-refractivity contribution in [1.29, 1.82) is 0 Å². The summed E-state index contributed by atoms with van der Waals surface area (Å²) in [4.78, 5) is 1.66. The van der Waals surface area contributed by atoms with Crippen LogP contribution in [0.1, 0.15) is 31.0 Å². The summed E-state index contributed by atoms with van der Waals surface area (Å²) in [7, 11) is 0. The monoisotopic (exact) mass is 350 g/mol. The zero-order valence-corrected chi connectivity index (χ0v) is 14.1. The summed E-state index contributed by atoms with van der Waals surface area (Å²) in [6.45, 7) is 4.19. The minimum atomic E-state index is -1.11. The van der Waals surface area contributed by atoms with Crippen LogP contribution in [-0.2, 0) is 5.41 Å². The number of hydrogen-bond acceptors (Lipinski definition) is 3. The van der Waals surface area contributed by atoms with Gasteiger partial charge in [0.05, 0.1) is 17.8 Å². The number of nitrogens with zero attached hydrogens (tertiary/aromatic N) is 1. The molecule has 0 aliphatic carbocycles. The first kappa shape index (κ1) is 17.8. The zero-order valence-electron chi connectivity index (χ0n) is 14.1. The Morgan fingerprint density at radius 2 is 1.80 bits per heavy atom. The molecular weight excluding hydrogens is 329 g/mol. The molecule has 0 unspecified atom stereocenters. The molecule has 0 saturated carbocycles. The maximum atomic E-state index is 14.6. The van der Waals surface area contributed by atoms with Gasteiger partial charge in [0.1, 0.15) is 17.5 Å². The molecule has 3 N–H and O–H groups in total. The van der Waals surface area contributed by atoms with Gasteiger partial charge in [-0.2, -0.15) is 0 Å². The van der Waals surface area contributed by atoms with Gasteiger partial charge in [-0.3, -0.25) is 0 Å². The van der Waals surface area contributed by atoms with Crippen molar-refractivity contribution in [3.05, 3.63) is 65.0 Å². The van der Waals surface area contributed by atoms with Crippen molar-refractivity contribution in [3.63, 3.8) is 0 Å². The Hall–Kier alpha value is -2.05. The molecular formula is C19H21F3N2O. The average Bonchev–Trinajstić information content (AvgIpc) is 2.79. The Labute approximate surface area is 144 Å². The molecule has 0 amide bonds. The van der Waals surface area contributed by atoms with Gasteiger partial charge in [-0.1, -0.05) is 26.0 Å². The molecule has 6 heteroatoms. The summed E-state index contributed by atoms with van der Waals surface area (Å²) < 4.78 is 42.0. The van der Waals surface area contributed by atoms with Gasteiger partial charge < -0.3 is 15.7 Å². The molecule has 1 heterocycles. The Kier molecular flexibility index (Phi) is 4.51. The fraction of sp³-hybridized carbons (Fsp3) is 0.368. The largest absolute Gasteiger partial charge is 0.389 e. The van der Waals surface area contributed by atoms with Gasteiger partial charge >= 0.3 is 0 Å². The smallest absolute Gasteiger partial charge is 0.146 e. The molecule has 0 radical (unpaired) electrons. The van der Waals surface area contributed by atoms with Crippen molar-refractivity contribution < 1.29 is 18.3 Å². The van der Waals surface area contributed by atoms with Crippen LogP contribution in [0.25, 0.3) is 0 Å². The van der Waals surface area contributed by atoms with Crippen LogP contribution >= 0.6 is 0 Å². The van der Waals surface area contributed by atoms with E-state index < -0.39 is 29.6 Å². The molecule has 1 aliphatic rings. The second kappa shape index (κ2) is 6.35. The van der Waals surface area contributed by atoms with Crippen LogP contribution in [0, 0.1) is 17.5 Å². The molecule has 2 atom stereocenters. The molecule has 0 bridgehead atoms. The topological polar surface area (TPSA) is 49.5 Å². The minimum absolute atomic E-state index is 0.122. The van der Waals surface area contributed by atoms with Crippen LogP contribution in [0.2, 0.25) is 0 Å². The predicted molar refractivity (Wildman–Crippen MR) is 90.9 cm³/mol. The second-order valence-electron chi connectivity index (χ2n) is 7.10. The Bertz CT molecular complexity index is 774. The summed E-state index contributed by atoms with van der Waals surface area (Å²) in [6.07, 6.45) is -1.11. The summed E-state index contributed by atoms with van der Waals surface area (Å²) in [5, 5.41) is 10.5. The number of aliphatic hydroxyl groups is 1. The third-order valence-electron chi connectivity index (χ3n) is 4.74. The lowest BCUT2D eigenvalue weighted by molar-refractivity contribution is 0.147. The normalized spacial score (nSPS) is 18.1. The highest BCUT2D eigenvalue weighted by Gasteiger charge is 2.42. The van der Waals surface area contributed by atoms with E-state index in [4.69, 9.17) is 5.73 Å². The number of para-hydroxylation sites is 1. The Balaban J connectivity index is 2.16. The number of nitrogens with two attached hydrogens (primary N) is 1. The summed E-state index contributed by atoms with van der Waals surface area (Å²) >= 11 is 0. The summed E-state index contributed by atoms with van der Waals surface area (Å²) in [5.41, 5.74) is 6.60. The van der Waals surface area contributed by atoms with Crippen LogP contribution < -0.4 is 10.6 Å². The van der Waals surface area contributed by atoms with Crippen molar-refractivity contribution in [2.24, 2.45) is 5.73 Å². The zero-order chi connectivity index (χ0) is 18.4. The average molecular weight is 350 g/mol. The van der Waals surface area contributed by atoms with Gasteiger partial charge in [0.2, 0.25) is 0 Å². The maximum Gasteiger partial charge on any atom is 0.146 e. The summed E-state index contributed by atoms with van der Waals surface area (Å²) in [5.74, 6) is -1.94. The predicted octanol–water partition coefficient (Wildman–Crippen LogP) is 3.26. The number of benzene rings is 2. The Morgan fingerprint density at radius 3 is 2.40 bits per heavy atom. The Morgan fingerprint density at radius 1 is 1.16 bits per heavy atom. The molecule has 3 nitrogen and oxygen atoms in total. The molecule has 0 fully saturated rings. The third-order valence-corrected chi connectivity index (χ3v) is 4.74. The fourth-order valence-electron chi connectivity index (χ4n) is 3.67. The SMILES string of the molecule is CC1(C)CN([C@@H](c2cc(F)cc(F)c2)[C@H](O)CN)c2c(F)cccc21. The number of rotatable bonds is 4. The van der Waals surface area contributed by atoms with E-state index >= 15 is 0 Å². The molecule has 134 valence electrons. The standard InChI is InChI=1S/C19H21F3N2O/c1-19(2)10-24(18-14(19)4-3-5-15(18)22)17(16(25)9-23)11-6-12(20)8-13(21)7-11/h3-8,16-17,25H,9-10,23H2,1-2H3/t16-,17+/m1/s1. The number of hydrogen-bond donors (Lipinski definition) is 2. The van der Waals surface area contributed by atoms with Crippen LogP contribution in [0.4, 0.5) is 18.9 Å². The molecule has 25 heavy (non-hydrogen) atoms. The highest BCUT2D eigenvalue weighted by Crippen LogP contribution is 2.46. The number of halogens is 3. The molecule has 1 aliphatic heterocycles. The molecule has 0 saturated heterocycles. The molecule has 2 aromatic rings. The number of fused-ring (bicyclic) bond motifs is 1. The third kappa shape index (κ3) is 3.12. The van der Waals surface area contributed by atoms with Gasteiger partial charge in [-0.05, 0) is 29.3 Å². The summed E-state index contributed by atoms with van der Waals surface area (Å²) in [6, 6.07) is 7.01. The van der Waals surface area contributed by atoms with Gasteiger partial charge in [-0.25, -0.2) is 13.2 Å². The van der Waals surface area contributed by atoms with Gasteiger partial charge in [0.15, 0.2) is 0 Å². The first-order chi connectivity index (χ1) is 11.7. The molecule has 0 spiro atoms. The van der Waals surface area contributed by atoms with Gasteiger partial charge in [-0.15, -0.1) is 0 Å². The first-order valence-electron chi connectivity index (χ1n) is 8.14. The van der Waals surface area contributed by atoms with Gasteiger partial charge in [0.25, 0.3) is 0 Å². The van der Waals surface area contributed by atoms with E-state index in [9.17, 15) is 18.3 Å². The molecule has 2 aromatic carbocycles. The van der Waals surface area contributed by atoms with E-state index in [-0.39, 0.29) is 17.5 Å². The highest BCUT2D eigenvalue weighted by atomic mass is 19.1. The minimum Gasteiger partial charge on any atom is -0.389 e. The van der Waals surface area contributed by atoms with Crippen LogP contribution in [-0.4, -0.2) is 24.3 Å². The van der Waals surface area contributed by atoms with Gasteiger partial charge in [0, 0.05) is 24.6 Å². The van der Waals surface area contributed by atoms with E-state index in [0.717, 1.165) is 23.8 Å². The second-order valence-corrected chi connectivity index (χ2v) is 7.10. The highest BCUT2D eigenvalue weighted by molar-refractivity contribution is 5.64. The quantitative estimate of drug-likeness (QED) is 0.890. The van der Waals surface area contributed by atoms with Crippen molar-refractivity contribution in [2.45, 2.75) is 31.4 Å².